The van der Waals surface area contributed by atoms with Gasteiger partial charge < -0.3 is 15.0 Å². The van der Waals surface area contributed by atoms with Crippen LogP contribution in [-0.4, -0.2) is 48.6 Å². The summed E-state index contributed by atoms with van der Waals surface area (Å²) in [4.78, 5) is 26.0. The lowest BCUT2D eigenvalue weighted by molar-refractivity contribution is -0.135. The first-order valence-corrected chi connectivity index (χ1v) is 7.26. The lowest BCUT2D eigenvalue weighted by atomic mass is 10.0. The molecule has 2 amide bonds. The molecule has 2 aliphatic heterocycles. The van der Waals surface area contributed by atoms with Crippen LogP contribution in [0.4, 0.5) is 0 Å². The predicted octanol–water partition coefficient (Wildman–Crippen LogP) is 0.929. The van der Waals surface area contributed by atoms with Crippen LogP contribution in [0.15, 0.2) is 0 Å². The molecule has 5 heteroatoms. The van der Waals surface area contributed by atoms with E-state index < -0.39 is 0 Å². The maximum absolute atomic E-state index is 12.5. The zero-order valence-corrected chi connectivity index (χ0v) is 11.9. The number of nitrogens with one attached hydrogen (secondary N) is 1. The van der Waals surface area contributed by atoms with Crippen LogP contribution >= 0.6 is 0 Å². The summed E-state index contributed by atoms with van der Waals surface area (Å²) in [5.41, 5.74) is 0. The highest BCUT2D eigenvalue weighted by atomic mass is 16.5. The first-order valence-electron chi connectivity index (χ1n) is 7.26. The van der Waals surface area contributed by atoms with E-state index in [1.165, 1.54) is 0 Å². The van der Waals surface area contributed by atoms with Crippen molar-refractivity contribution >= 4 is 11.8 Å². The van der Waals surface area contributed by atoms with E-state index in [2.05, 4.69) is 19.2 Å². The van der Waals surface area contributed by atoms with E-state index in [-0.39, 0.29) is 24.0 Å². The summed E-state index contributed by atoms with van der Waals surface area (Å²) < 4.78 is 5.59. The Bertz CT molecular complexity index is 338. The van der Waals surface area contributed by atoms with Gasteiger partial charge in [-0.1, -0.05) is 13.8 Å². The van der Waals surface area contributed by atoms with Crippen LogP contribution < -0.4 is 5.32 Å². The van der Waals surface area contributed by atoms with Gasteiger partial charge in [-0.2, -0.15) is 0 Å². The van der Waals surface area contributed by atoms with Crippen LogP contribution in [0.3, 0.4) is 0 Å². The van der Waals surface area contributed by atoms with E-state index in [9.17, 15) is 9.59 Å². The van der Waals surface area contributed by atoms with Crippen LogP contribution in [-0.2, 0) is 14.3 Å². The van der Waals surface area contributed by atoms with Gasteiger partial charge in [0.15, 0.2) is 0 Å². The first kappa shape index (κ1) is 14.3. The van der Waals surface area contributed by atoms with Gasteiger partial charge in [0.2, 0.25) is 11.8 Å². The zero-order chi connectivity index (χ0) is 13.8. The molecule has 2 saturated heterocycles. The fourth-order valence-electron chi connectivity index (χ4n) is 2.74. The Hall–Kier alpha value is -1.10. The summed E-state index contributed by atoms with van der Waals surface area (Å²) in [6.07, 6.45) is 3.33. The van der Waals surface area contributed by atoms with E-state index in [0.717, 1.165) is 19.4 Å². The van der Waals surface area contributed by atoms with E-state index in [1.807, 2.05) is 0 Å². The normalized spacial score (nSPS) is 28.7. The fourth-order valence-corrected chi connectivity index (χ4v) is 2.74. The fraction of sp³-hybridized carbons (Fsp3) is 0.857. The minimum atomic E-state index is -0.364. The molecule has 2 heterocycles. The van der Waals surface area contributed by atoms with Gasteiger partial charge in [-0.3, -0.25) is 9.59 Å². The SMILES string of the molecule is CC(C)CC1NC(=O)CCN(CC2CCCO2)C1=O. The Morgan fingerprint density at radius 3 is 2.84 bits per heavy atom. The molecule has 2 unspecified atom stereocenters. The minimum Gasteiger partial charge on any atom is -0.376 e. The van der Waals surface area contributed by atoms with Crippen molar-refractivity contribution < 1.29 is 14.3 Å². The van der Waals surface area contributed by atoms with Crippen LogP contribution in [0.5, 0.6) is 0 Å². The summed E-state index contributed by atoms with van der Waals surface area (Å²) >= 11 is 0. The molecule has 19 heavy (non-hydrogen) atoms. The standard InChI is InChI=1S/C14H24N2O3/c1-10(2)8-12-14(18)16(6-5-13(17)15-12)9-11-4-3-7-19-11/h10-12H,3-9H2,1-2H3,(H,15,17). The number of ether oxygens (including phenoxy) is 1. The molecule has 0 bridgehead atoms. The molecule has 0 saturated carbocycles. The Labute approximate surface area is 114 Å². The summed E-state index contributed by atoms with van der Waals surface area (Å²) in [6.45, 7) is 6.06. The van der Waals surface area contributed by atoms with Crippen LogP contribution in [0, 0.1) is 5.92 Å². The van der Waals surface area contributed by atoms with Gasteiger partial charge in [0, 0.05) is 26.1 Å². The summed E-state index contributed by atoms with van der Waals surface area (Å²) in [5.74, 6) is 0.417. The maximum atomic E-state index is 12.5. The molecule has 0 aliphatic carbocycles. The zero-order valence-electron chi connectivity index (χ0n) is 11.9. The third-order valence-electron chi connectivity index (χ3n) is 3.71. The third kappa shape index (κ3) is 3.93. The Morgan fingerprint density at radius 1 is 1.42 bits per heavy atom. The van der Waals surface area contributed by atoms with E-state index in [1.54, 1.807) is 4.90 Å². The second-order valence-electron chi connectivity index (χ2n) is 5.92. The molecular formula is C14H24N2O3. The smallest absolute Gasteiger partial charge is 0.245 e. The van der Waals surface area contributed by atoms with Gasteiger partial charge >= 0.3 is 0 Å². The molecule has 0 aromatic rings. The van der Waals surface area contributed by atoms with Crippen molar-refractivity contribution in [2.45, 2.75) is 51.7 Å². The highest BCUT2D eigenvalue weighted by Gasteiger charge is 2.32. The minimum absolute atomic E-state index is 0.0196. The Morgan fingerprint density at radius 2 is 2.21 bits per heavy atom. The number of amides is 2. The predicted molar refractivity (Wildman–Crippen MR) is 71.6 cm³/mol. The van der Waals surface area contributed by atoms with Gasteiger partial charge in [0.25, 0.3) is 0 Å². The number of hydrogen-bond donors (Lipinski definition) is 1. The second kappa shape index (κ2) is 6.37. The van der Waals surface area contributed by atoms with Crippen molar-refractivity contribution in [1.29, 1.82) is 0 Å². The average molecular weight is 268 g/mol. The van der Waals surface area contributed by atoms with Gasteiger partial charge in [0.1, 0.15) is 6.04 Å². The Kier molecular flexibility index (Phi) is 4.80. The second-order valence-corrected chi connectivity index (χ2v) is 5.92. The quantitative estimate of drug-likeness (QED) is 0.825. The van der Waals surface area contributed by atoms with Crippen molar-refractivity contribution in [3.63, 3.8) is 0 Å². The highest BCUT2D eigenvalue weighted by Crippen LogP contribution is 2.17. The lowest BCUT2D eigenvalue weighted by Crippen LogP contribution is -2.47. The van der Waals surface area contributed by atoms with Crippen LogP contribution in [0.2, 0.25) is 0 Å². The van der Waals surface area contributed by atoms with E-state index >= 15 is 0 Å². The third-order valence-corrected chi connectivity index (χ3v) is 3.71. The molecule has 0 aromatic heterocycles. The summed E-state index contributed by atoms with van der Waals surface area (Å²) in [6, 6.07) is -0.364. The molecule has 108 valence electrons. The van der Waals surface area contributed by atoms with Gasteiger partial charge in [-0.15, -0.1) is 0 Å². The van der Waals surface area contributed by atoms with Crippen molar-refractivity contribution in [3.8, 4) is 0 Å². The molecule has 2 aliphatic rings. The molecule has 1 N–H and O–H groups in total. The molecule has 2 rings (SSSR count). The molecule has 2 atom stereocenters. The molecule has 0 radical (unpaired) electrons. The lowest BCUT2D eigenvalue weighted by Gasteiger charge is -2.27. The Balaban J connectivity index is 2.00. The van der Waals surface area contributed by atoms with Crippen molar-refractivity contribution in [2.24, 2.45) is 5.92 Å². The maximum Gasteiger partial charge on any atom is 0.245 e. The molecule has 0 aromatic carbocycles. The number of carbonyl (C=O) groups excluding carboxylic acids is 2. The largest absolute Gasteiger partial charge is 0.376 e. The number of carbonyl (C=O) groups is 2. The monoisotopic (exact) mass is 268 g/mol. The van der Waals surface area contributed by atoms with Crippen molar-refractivity contribution in [2.75, 3.05) is 19.7 Å². The average Bonchev–Trinajstić information content (AvgIpc) is 2.80. The highest BCUT2D eigenvalue weighted by molar-refractivity contribution is 5.89. The molecule has 2 fully saturated rings. The summed E-state index contributed by atoms with van der Waals surface area (Å²) in [7, 11) is 0. The van der Waals surface area contributed by atoms with E-state index in [0.29, 0.717) is 31.8 Å². The van der Waals surface area contributed by atoms with Crippen molar-refractivity contribution in [1.82, 2.24) is 10.2 Å². The number of rotatable bonds is 4. The number of hydrogen-bond acceptors (Lipinski definition) is 3. The first-order chi connectivity index (χ1) is 9.06. The number of nitrogens with zero attached hydrogens (tertiary/aromatic N) is 1. The molecule has 0 spiro atoms. The van der Waals surface area contributed by atoms with Gasteiger partial charge in [-0.05, 0) is 25.2 Å². The topological polar surface area (TPSA) is 58.6 Å². The molecular weight excluding hydrogens is 244 g/mol. The van der Waals surface area contributed by atoms with E-state index in [4.69, 9.17) is 4.74 Å². The van der Waals surface area contributed by atoms with Crippen LogP contribution in [0.1, 0.15) is 39.5 Å². The van der Waals surface area contributed by atoms with Gasteiger partial charge in [0.05, 0.1) is 6.10 Å². The van der Waals surface area contributed by atoms with Crippen LogP contribution in [0.25, 0.3) is 0 Å². The van der Waals surface area contributed by atoms with Crippen molar-refractivity contribution in [3.05, 3.63) is 0 Å². The summed E-state index contributed by atoms with van der Waals surface area (Å²) in [5, 5.41) is 2.84. The van der Waals surface area contributed by atoms with Gasteiger partial charge in [-0.25, -0.2) is 0 Å². The molecule has 5 nitrogen and oxygen atoms in total.